The van der Waals surface area contributed by atoms with Crippen LogP contribution in [0.2, 0.25) is 0 Å². The fourth-order valence-electron chi connectivity index (χ4n) is 2.63. The van der Waals surface area contributed by atoms with Crippen molar-refractivity contribution in [3.63, 3.8) is 0 Å². The zero-order valence-corrected chi connectivity index (χ0v) is 13.7. The van der Waals surface area contributed by atoms with Crippen LogP contribution < -0.4 is 4.90 Å². The summed E-state index contributed by atoms with van der Waals surface area (Å²) in [5, 5.41) is 8.63. The first kappa shape index (κ1) is 16.3. The number of carboxylic acids is 1. The van der Waals surface area contributed by atoms with Gasteiger partial charge < -0.3 is 5.11 Å². The summed E-state index contributed by atoms with van der Waals surface area (Å²) in [5.74, 6) is -1.63. The molecular weight excluding hydrogens is 326 g/mol. The molecule has 2 amide bonds. The van der Waals surface area contributed by atoms with E-state index in [4.69, 9.17) is 0 Å². The van der Waals surface area contributed by atoms with Gasteiger partial charge in [-0.2, -0.15) is 0 Å². The number of carbonyl (C=O) groups excluding carboxylic acids is 2. The summed E-state index contributed by atoms with van der Waals surface area (Å²) < 4.78 is 0. The molecule has 0 bridgehead atoms. The largest absolute Gasteiger partial charge is 0.478 e. The van der Waals surface area contributed by atoms with Crippen LogP contribution in [0.3, 0.4) is 0 Å². The van der Waals surface area contributed by atoms with Crippen molar-refractivity contribution in [1.82, 2.24) is 0 Å². The number of hydrogen-bond donors (Lipinski definition) is 1. The van der Waals surface area contributed by atoms with Gasteiger partial charge in [-0.15, -0.1) is 11.8 Å². The summed E-state index contributed by atoms with van der Waals surface area (Å²) in [6, 6.07) is 13.7. The van der Waals surface area contributed by atoms with Crippen LogP contribution in [0.25, 0.3) is 0 Å². The number of nitrogens with zero attached hydrogens (tertiary/aromatic N) is 1. The number of benzene rings is 2. The average molecular weight is 341 g/mol. The number of amides is 2. The maximum atomic E-state index is 12.7. The van der Waals surface area contributed by atoms with E-state index in [-0.39, 0.29) is 23.8 Å². The fourth-order valence-corrected chi connectivity index (χ4v) is 3.81. The van der Waals surface area contributed by atoms with Crippen molar-refractivity contribution in [1.29, 1.82) is 0 Å². The Labute approximate surface area is 143 Å². The van der Waals surface area contributed by atoms with Gasteiger partial charge in [-0.1, -0.05) is 24.3 Å². The molecule has 2 aromatic carbocycles. The number of carbonyl (C=O) groups is 3. The highest BCUT2D eigenvalue weighted by Gasteiger charge is 2.40. The molecule has 122 valence electrons. The van der Waals surface area contributed by atoms with Crippen molar-refractivity contribution in [2.45, 2.75) is 23.5 Å². The van der Waals surface area contributed by atoms with Crippen LogP contribution >= 0.6 is 11.8 Å². The van der Waals surface area contributed by atoms with Crippen molar-refractivity contribution in [2.75, 3.05) is 4.90 Å². The summed E-state index contributed by atoms with van der Waals surface area (Å²) in [6.07, 6.45) is 0.0609. The molecule has 0 aliphatic carbocycles. The Morgan fingerprint density at radius 2 is 1.92 bits per heavy atom. The van der Waals surface area contributed by atoms with E-state index < -0.39 is 11.2 Å². The molecular formula is C18H15NO4S. The number of carboxylic acid groups (broad SMARTS) is 1. The van der Waals surface area contributed by atoms with Gasteiger partial charge in [-0.05, 0) is 36.8 Å². The van der Waals surface area contributed by atoms with Crippen molar-refractivity contribution >= 4 is 35.2 Å². The van der Waals surface area contributed by atoms with Gasteiger partial charge >= 0.3 is 5.97 Å². The van der Waals surface area contributed by atoms with Crippen LogP contribution in [0.4, 0.5) is 5.69 Å². The predicted octanol–water partition coefficient (Wildman–Crippen LogP) is 3.12. The lowest BCUT2D eigenvalue weighted by Gasteiger charge is -2.15. The smallest absolute Gasteiger partial charge is 0.336 e. The third-order valence-electron chi connectivity index (χ3n) is 3.75. The Hall–Kier alpha value is -2.60. The second kappa shape index (κ2) is 6.49. The van der Waals surface area contributed by atoms with E-state index >= 15 is 0 Å². The quantitative estimate of drug-likeness (QED) is 0.865. The maximum absolute atomic E-state index is 12.7. The van der Waals surface area contributed by atoms with Gasteiger partial charge in [0.25, 0.3) is 0 Å². The Morgan fingerprint density at radius 3 is 2.62 bits per heavy atom. The average Bonchev–Trinajstić information content (AvgIpc) is 2.81. The molecule has 0 unspecified atom stereocenters. The molecule has 0 spiro atoms. The first-order valence-electron chi connectivity index (χ1n) is 7.40. The monoisotopic (exact) mass is 341 g/mol. The van der Waals surface area contributed by atoms with Crippen LogP contribution in [0.5, 0.6) is 0 Å². The van der Waals surface area contributed by atoms with E-state index in [0.29, 0.717) is 10.6 Å². The van der Waals surface area contributed by atoms with Crippen LogP contribution in [0.15, 0.2) is 53.4 Å². The minimum absolute atomic E-state index is 0.0609. The molecule has 1 N–H and O–H groups in total. The second-order valence-electron chi connectivity index (χ2n) is 5.52. The normalized spacial score (nSPS) is 17.4. The first-order chi connectivity index (χ1) is 11.5. The zero-order valence-electron chi connectivity index (χ0n) is 12.9. The number of rotatable bonds is 4. The molecule has 2 aromatic rings. The number of imide groups is 1. The molecule has 5 nitrogen and oxygen atoms in total. The maximum Gasteiger partial charge on any atom is 0.336 e. The summed E-state index contributed by atoms with van der Waals surface area (Å²) in [6.45, 7) is 1.89. The van der Waals surface area contributed by atoms with Gasteiger partial charge in [0.15, 0.2) is 0 Å². The summed E-state index contributed by atoms with van der Waals surface area (Å²) in [4.78, 5) is 37.9. The molecule has 6 heteroatoms. The molecule has 0 aromatic heterocycles. The van der Waals surface area contributed by atoms with Crippen LogP contribution in [0, 0.1) is 6.92 Å². The standard InChI is InChI=1S/C18H15NO4S/c1-11-5-4-6-12(9-11)19-16(20)10-15(17(19)21)24-14-8-3-2-7-13(14)18(22)23/h2-9,15H,10H2,1H3,(H,22,23)/t15-/m0/s1. The molecule has 1 aliphatic rings. The van der Waals surface area contributed by atoms with Gasteiger partial charge in [0.2, 0.25) is 11.8 Å². The molecule has 1 fully saturated rings. The predicted molar refractivity (Wildman–Crippen MR) is 91.3 cm³/mol. The van der Waals surface area contributed by atoms with Crippen molar-refractivity contribution < 1.29 is 19.5 Å². The number of anilines is 1. The van der Waals surface area contributed by atoms with Crippen LogP contribution in [-0.2, 0) is 9.59 Å². The number of thioether (sulfide) groups is 1. The number of aromatic carboxylic acids is 1. The van der Waals surface area contributed by atoms with E-state index in [2.05, 4.69) is 0 Å². The van der Waals surface area contributed by atoms with Gasteiger partial charge in [-0.3, -0.25) is 9.59 Å². The molecule has 0 saturated carbocycles. The molecule has 0 radical (unpaired) electrons. The summed E-state index contributed by atoms with van der Waals surface area (Å²) >= 11 is 1.13. The SMILES string of the molecule is Cc1cccc(N2C(=O)C[C@H](Sc3ccccc3C(=O)O)C2=O)c1. The van der Waals surface area contributed by atoms with Crippen LogP contribution in [-0.4, -0.2) is 28.1 Å². The fraction of sp³-hybridized carbons (Fsp3) is 0.167. The highest BCUT2D eigenvalue weighted by Crippen LogP contribution is 2.35. The van der Waals surface area contributed by atoms with E-state index in [1.807, 2.05) is 13.0 Å². The third-order valence-corrected chi connectivity index (χ3v) is 5.01. The van der Waals surface area contributed by atoms with E-state index in [1.54, 1.807) is 36.4 Å². The molecule has 1 heterocycles. The molecule has 1 aliphatic heterocycles. The van der Waals surface area contributed by atoms with Gasteiger partial charge in [0.1, 0.15) is 0 Å². The van der Waals surface area contributed by atoms with Crippen LogP contribution in [0.1, 0.15) is 22.3 Å². The molecule has 1 saturated heterocycles. The van der Waals surface area contributed by atoms with Gasteiger partial charge in [0, 0.05) is 11.3 Å². The van der Waals surface area contributed by atoms with Crippen molar-refractivity contribution in [3.8, 4) is 0 Å². The van der Waals surface area contributed by atoms with Crippen molar-refractivity contribution in [3.05, 3.63) is 59.7 Å². The van der Waals surface area contributed by atoms with Crippen molar-refractivity contribution in [2.24, 2.45) is 0 Å². The highest BCUT2D eigenvalue weighted by atomic mass is 32.2. The van der Waals surface area contributed by atoms with E-state index in [1.165, 1.54) is 11.0 Å². The summed E-state index contributed by atoms with van der Waals surface area (Å²) in [5.41, 5.74) is 1.65. The number of hydrogen-bond acceptors (Lipinski definition) is 4. The molecule has 3 rings (SSSR count). The third kappa shape index (κ3) is 3.05. The molecule has 24 heavy (non-hydrogen) atoms. The Morgan fingerprint density at radius 1 is 1.17 bits per heavy atom. The van der Waals surface area contributed by atoms with E-state index in [9.17, 15) is 19.5 Å². The molecule has 1 atom stereocenters. The minimum Gasteiger partial charge on any atom is -0.478 e. The van der Waals surface area contributed by atoms with Gasteiger partial charge in [-0.25, -0.2) is 9.69 Å². The summed E-state index contributed by atoms with van der Waals surface area (Å²) in [7, 11) is 0. The highest BCUT2D eigenvalue weighted by molar-refractivity contribution is 8.00. The lowest BCUT2D eigenvalue weighted by Crippen LogP contribution is -2.31. The number of aryl methyl sites for hydroxylation is 1. The Balaban J connectivity index is 1.86. The topological polar surface area (TPSA) is 74.7 Å². The zero-order chi connectivity index (χ0) is 17.3. The first-order valence-corrected chi connectivity index (χ1v) is 8.28. The Kier molecular flexibility index (Phi) is 4.40. The lowest BCUT2D eigenvalue weighted by atomic mass is 10.2. The Bertz CT molecular complexity index is 833. The van der Waals surface area contributed by atoms with Gasteiger partial charge in [0.05, 0.1) is 16.5 Å². The lowest BCUT2D eigenvalue weighted by molar-refractivity contribution is -0.121. The minimum atomic E-state index is -1.05. The van der Waals surface area contributed by atoms with E-state index in [0.717, 1.165) is 17.3 Å². The second-order valence-corrected chi connectivity index (χ2v) is 6.76.